The Hall–Kier alpha value is -2.05. The van der Waals surface area contributed by atoms with Crippen molar-refractivity contribution in [3.63, 3.8) is 0 Å². The van der Waals surface area contributed by atoms with Crippen molar-refractivity contribution in [2.75, 3.05) is 0 Å². The van der Waals surface area contributed by atoms with Crippen LogP contribution < -0.4 is 0 Å². The maximum Gasteiger partial charge on any atom is 0.416 e. The van der Waals surface area contributed by atoms with Crippen molar-refractivity contribution < 1.29 is 17.6 Å². The molecule has 0 spiro atoms. The Morgan fingerprint density at radius 1 is 0.913 bits per heavy atom. The third kappa shape index (κ3) is 3.33. The molecule has 23 heavy (non-hydrogen) atoms. The molecule has 0 atom stereocenters. The summed E-state index contributed by atoms with van der Waals surface area (Å²) in [5, 5.41) is 8.14. The van der Waals surface area contributed by atoms with Crippen molar-refractivity contribution in [3.05, 3.63) is 58.1 Å². The van der Waals surface area contributed by atoms with Gasteiger partial charge in [0.1, 0.15) is 0 Å². The minimum absolute atomic E-state index is 0.0160. The van der Waals surface area contributed by atoms with Gasteiger partial charge in [0.2, 0.25) is 11.8 Å². The van der Waals surface area contributed by atoms with Crippen LogP contribution in [0, 0.1) is 0 Å². The summed E-state index contributed by atoms with van der Waals surface area (Å²) in [5.74, 6) is 0.0343. The van der Waals surface area contributed by atoms with Crippen LogP contribution in [-0.4, -0.2) is 10.2 Å². The Kier molecular flexibility index (Phi) is 4.04. The molecule has 0 radical (unpaired) electrons. The van der Waals surface area contributed by atoms with E-state index in [0.717, 1.165) is 18.2 Å². The van der Waals surface area contributed by atoms with Gasteiger partial charge in [-0.1, -0.05) is 29.3 Å². The molecule has 1 heterocycles. The molecule has 3 rings (SSSR count). The number of nitrogens with zero attached hydrogens (tertiary/aromatic N) is 2. The number of hydrogen-bond donors (Lipinski definition) is 0. The van der Waals surface area contributed by atoms with E-state index in [1.807, 2.05) is 0 Å². The molecule has 3 nitrogen and oxygen atoms in total. The van der Waals surface area contributed by atoms with Gasteiger partial charge in [-0.05, 0) is 36.4 Å². The zero-order chi connectivity index (χ0) is 16.6. The second-order valence-electron chi connectivity index (χ2n) is 4.62. The van der Waals surface area contributed by atoms with Gasteiger partial charge in [0.05, 0.1) is 16.1 Å². The van der Waals surface area contributed by atoms with E-state index in [0.29, 0.717) is 10.6 Å². The molecule has 0 aliphatic carbocycles. The van der Waals surface area contributed by atoms with Crippen LogP contribution in [0.15, 0.2) is 46.9 Å². The van der Waals surface area contributed by atoms with E-state index in [4.69, 9.17) is 27.6 Å². The summed E-state index contributed by atoms with van der Waals surface area (Å²) in [6, 6.07) is 9.56. The van der Waals surface area contributed by atoms with E-state index in [1.165, 1.54) is 0 Å². The van der Waals surface area contributed by atoms with E-state index < -0.39 is 11.7 Å². The van der Waals surface area contributed by atoms with Gasteiger partial charge < -0.3 is 4.42 Å². The average molecular weight is 359 g/mol. The van der Waals surface area contributed by atoms with Gasteiger partial charge in [-0.25, -0.2) is 0 Å². The molecule has 0 saturated heterocycles. The van der Waals surface area contributed by atoms with E-state index >= 15 is 0 Å². The second-order valence-corrected chi connectivity index (χ2v) is 5.46. The van der Waals surface area contributed by atoms with Gasteiger partial charge in [0, 0.05) is 10.6 Å². The first-order valence-corrected chi connectivity index (χ1v) is 7.07. The minimum Gasteiger partial charge on any atom is -0.416 e. The summed E-state index contributed by atoms with van der Waals surface area (Å²) < 4.78 is 43.8. The third-order valence-corrected chi connectivity index (χ3v) is 3.59. The molecule has 0 fully saturated rings. The molecule has 0 aliphatic heterocycles. The van der Waals surface area contributed by atoms with E-state index in [1.54, 1.807) is 24.3 Å². The first-order chi connectivity index (χ1) is 10.8. The summed E-state index contributed by atoms with van der Waals surface area (Å²) in [7, 11) is 0. The minimum atomic E-state index is -4.49. The fraction of sp³-hybridized carbons (Fsp3) is 0.0667. The van der Waals surface area contributed by atoms with Crippen LogP contribution >= 0.6 is 23.2 Å². The summed E-state index contributed by atoms with van der Waals surface area (Å²) >= 11 is 11.8. The lowest BCUT2D eigenvalue weighted by Crippen LogP contribution is -2.04. The number of hydrogen-bond acceptors (Lipinski definition) is 3. The maximum absolute atomic E-state index is 12.8. The molecule has 0 amide bonds. The van der Waals surface area contributed by atoms with Crippen molar-refractivity contribution in [2.24, 2.45) is 0 Å². The maximum atomic E-state index is 12.8. The Labute approximate surface area is 138 Å². The molecule has 0 N–H and O–H groups in total. The second kappa shape index (κ2) is 5.86. The molecule has 3 aromatic rings. The lowest BCUT2D eigenvalue weighted by Gasteiger charge is -2.08. The molecular formula is C15H7Cl2F3N2O. The Bertz CT molecular complexity index is 862. The summed E-state index contributed by atoms with van der Waals surface area (Å²) in [4.78, 5) is 0. The van der Waals surface area contributed by atoms with Crippen LogP contribution in [0.5, 0.6) is 0 Å². The quantitative estimate of drug-likeness (QED) is 0.587. The van der Waals surface area contributed by atoms with Crippen LogP contribution in [0.2, 0.25) is 10.0 Å². The SMILES string of the molecule is FC(F)(F)c1ccc(Cl)c(-c2nnc(-c3cccc(Cl)c3)o2)c1. The molecular weight excluding hydrogens is 352 g/mol. The molecule has 0 aliphatic rings. The van der Waals surface area contributed by atoms with Gasteiger partial charge in [0.25, 0.3) is 0 Å². The molecule has 0 unspecified atom stereocenters. The van der Waals surface area contributed by atoms with Crippen molar-refractivity contribution in [1.82, 2.24) is 10.2 Å². The van der Waals surface area contributed by atoms with E-state index in [2.05, 4.69) is 10.2 Å². The molecule has 2 aromatic carbocycles. The highest BCUT2D eigenvalue weighted by Gasteiger charge is 2.31. The van der Waals surface area contributed by atoms with Crippen molar-refractivity contribution in [1.29, 1.82) is 0 Å². The first kappa shape index (κ1) is 15.8. The Morgan fingerprint density at radius 3 is 2.35 bits per heavy atom. The number of benzene rings is 2. The molecule has 8 heteroatoms. The highest BCUT2D eigenvalue weighted by Crippen LogP contribution is 2.36. The topological polar surface area (TPSA) is 38.9 Å². The van der Waals surface area contributed by atoms with Crippen LogP contribution in [0.25, 0.3) is 22.9 Å². The molecule has 0 saturated carbocycles. The summed E-state index contributed by atoms with van der Waals surface area (Å²) in [6.07, 6.45) is -4.49. The summed E-state index contributed by atoms with van der Waals surface area (Å²) in [5.41, 5.74) is -0.277. The third-order valence-electron chi connectivity index (χ3n) is 3.02. The molecule has 118 valence electrons. The van der Waals surface area contributed by atoms with Crippen molar-refractivity contribution in [3.8, 4) is 22.9 Å². The fourth-order valence-corrected chi connectivity index (χ4v) is 2.32. The van der Waals surface area contributed by atoms with Crippen LogP contribution in [0.4, 0.5) is 13.2 Å². The standard InChI is InChI=1S/C15H7Cl2F3N2O/c16-10-3-1-2-8(6-10)13-21-22-14(23-13)11-7-9(15(18,19)20)4-5-12(11)17/h1-7H. The van der Waals surface area contributed by atoms with Gasteiger partial charge in [-0.2, -0.15) is 13.2 Å². The number of halogens is 5. The monoisotopic (exact) mass is 358 g/mol. The van der Waals surface area contributed by atoms with E-state index in [-0.39, 0.29) is 22.4 Å². The smallest absolute Gasteiger partial charge is 0.416 e. The molecule has 0 bridgehead atoms. The summed E-state index contributed by atoms with van der Waals surface area (Å²) in [6.45, 7) is 0. The van der Waals surface area contributed by atoms with Gasteiger partial charge in [-0.3, -0.25) is 0 Å². The zero-order valence-electron chi connectivity index (χ0n) is 11.2. The van der Waals surface area contributed by atoms with Crippen LogP contribution in [0.3, 0.4) is 0 Å². The lowest BCUT2D eigenvalue weighted by atomic mass is 10.1. The number of aromatic nitrogens is 2. The van der Waals surface area contributed by atoms with Crippen molar-refractivity contribution >= 4 is 23.2 Å². The van der Waals surface area contributed by atoms with Crippen LogP contribution in [0.1, 0.15) is 5.56 Å². The van der Waals surface area contributed by atoms with Gasteiger partial charge in [-0.15, -0.1) is 10.2 Å². The highest BCUT2D eigenvalue weighted by atomic mass is 35.5. The van der Waals surface area contributed by atoms with Crippen molar-refractivity contribution in [2.45, 2.75) is 6.18 Å². The normalized spacial score (nSPS) is 11.7. The highest BCUT2D eigenvalue weighted by molar-refractivity contribution is 6.33. The molecule has 1 aromatic heterocycles. The average Bonchev–Trinajstić information content (AvgIpc) is 2.96. The number of rotatable bonds is 2. The largest absolute Gasteiger partial charge is 0.416 e. The predicted octanol–water partition coefficient (Wildman–Crippen LogP) is 5.73. The fourth-order valence-electron chi connectivity index (χ4n) is 1.94. The lowest BCUT2D eigenvalue weighted by molar-refractivity contribution is -0.137. The number of alkyl halides is 3. The Balaban J connectivity index is 2.04. The zero-order valence-corrected chi connectivity index (χ0v) is 12.7. The first-order valence-electron chi connectivity index (χ1n) is 6.31. The Morgan fingerprint density at radius 2 is 1.65 bits per heavy atom. The van der Waals surface area contributed by atoms with E-state index in [9.17, 15) is 13.2 Å². The predicted molar refractivity (Wildman–Crippen MR) is 80.2 cm³/mol. The van der Waals surface area contributed by atoms with Gasteiger partial charge in [0.15, 0.2) is 0 Å². The van der Waals surface area contributed by atoms with Gasteiger partial charge >= 0.3 is 6.18 Å². The van der Waals surface area contributed by atoms with Crippen LogP contribution in [-0.2, 0) is 6.18 Å².